The molecule has 4 N–H and O–H groups in total. The maximum absolute atomic E-state index is 6.00. The fourth-order valence-corrected chi connectivity index (χ4v) is 2.66. The van der Waals surface area contributed by atoms with Crippen molar-refractivity contribution in [1.29, 1.82) is 0 Å². The number of hydrogen-bond acceptors (Lipinski definition) is 3. The van der Waals surface area contributed by atoms with E-state index in [0.717, 1.165) is 30.3 Å². The fourth-order valence-electron chi connectivity index (χ4n) is 1.17. The zero-order valence-corrected chi connectivity index (χ0v) is 9.90. The van der Waals surface area contributed by atoms with Gasteiger partial charge in [-0.05, 0) is 41.4 Å². The van der Waals surface area contributed by atoms with Gasteiger partial charge in [-0.1, -0.05) is 6.42 Å². The predicted octanol–water partition coefficient (Wildman–Crippen LogP) is 2.64. The van der Waals surface area contributed by atoms with Crippen LogP contribution < -0.4 is 11.5 Å². The van der Waals surface area contributed by atoms with E-state index >= 15 is 0 Å². The molecule has 0 radical (unpaired) electrons. The minimum absolute atomic E-state index is 0.183. The van der Waals surface area contributed by atoms with Gasteiger partial charge in [0.2, 0.25) is 0 Å². The van der Waals surface area contributed by atoms with Crippen LogP contribution in [-0.2, 0) is 0 Å². The Morgan fingerprint density at radius 3 is 2.77 bits per heavy atom. The monoisotopic (exact) mass is 262 g/mol. The fraction of sp³-hybridized carbons (Fsp3) is 0.556. The van der Waals surface area contributed by atoms with Gasteiger partial charge in [-0.15, -0.1) is 11.3 Å². The first-order valence-corrected chi connectivity index (χ1v) is 6.11. The highest BCUT2D eigenvalue weighted by Crippen LogP contribution is 2.26. The molecule has 0 spiro atoms. The first-order valence-electron chi connectivity index (χ1n) is 4.43. The predicted molar refractivity (Wildman–Crippen MR) is 61.9 cm³/mol. The Hall–Kier alpha value is 0.1000. The van der Waals surface area contributed by atoms with E-state index in [1.165, 1.54) is 4.88 Å². The van der Waals surface area contributed by atoms with Gasteiger partial charge in [0, 0.05) is 20.8 Å². The Labute approximate surface area is 91.4 Å². The summed E-state index contributed by atoms with van der Waals surface area (Å²) in [4.78, 5) is 1.25. The topological polar surface area (TPSA) is 52.0 Å². The van der Waals surface area contributed by atoms with E-state index in [0.29, 0.717) is 0 Å². The van der Waals surface area contributed by atoms with Crippen molar-refractivity contribution in [3.63, 3.8) is 0 Å². The largest absolute Gasteiger partial charge is 0.330 e. The van der Waals surface area contributed by atoms with E-state index in [4.69, 9.17) is 11.5 Å². The first-order chi connectivity index (χ1) is 6.24. The van der Waals surface area contributed by atoms with Gasteiger partial charge in [0.1, 0.15) is 0 Å². The van der Waals surface area contributed by atoms with Gasteiger partial charge in [0.15, 0.2) is 0 Å². The van der Waals surface area contributed by atoms with Crippen LogP contribution in [0.3, 0.4) is 0 Å². The van der Waals surface area contributed by atoms with E-state index in [-0.39, 0.29) is 6.04 Å². The molecule has 0 amide bonds. The molecule has 2 nitrogen and oxygen atoms in total. The second-order valence-electron chi connectivity index (χ2n) is 3.06. The average Bonchev–Trinajstić information content (AvgIpc) is 2.52. The molecule has 0 aliphatic carbocycles. The molecule has 0 unspecified atom stereocenters. The van der Waals surface area contributed by atoms with Crippen molar-refractivity contribution in [2.45, 2.75) is 25.3 Å². The van der Waals surface area contributed by atoms with Crippen molar-refractivity contribution < 1.29 is 0 Å². The Morgan fingerprint density at radius 2 is 2.23 bits per heavy atom. The van der Waals surface area contributed by atoms with Crippen LogP contribution in [0.15, 0.2) is 15.9 Å². The van der Waals surface area contributed by atoms with Gasteiger partial charge in [-0.25, -0.2) is 0 Å². The van der Waals surface area contributed by atoms with Crippen LogP contribution in [0.1, 0.15) is 30.2 Å². The quantitative estimate of drug-likeness (QED) is 0.802. The summed E-state index contributed by atoms with van der Waals surface area (Å²) >= 11 is 5.13. The van der Waals surface area contributed by atoms with Crippen molar-refractivity contribution in [2.75, 3.05) is 6.54 Å². The molecule has 1 rings (SSSR count). The lowest BCUT2D eigenvalue weighted by molar-refractivity contribution is 0.598. The highest BCUT2D eigenvalue weighted by atomic mass is 79.9. The number of rotatable bonds is 5. The third-order valence-corrected chi connectivity index (χ3v) is 3.75. The highest BCUT2D eigenvalue weighted by Gasteiger charge is 2.07. The van der Waals surface area contributed by atoms with Crippen LogP contribution in [0.25, 0.3) is 0 Å². The van der Waals surface area contributed by atoms with E-state index in [9.17, 15) is 0 Å². The van der Waals surface area contributed by atoms with Gasteiger partial charge in [0.25, 0.3) is 0 Å². The maximum Gasteiger partial charge on any atom is 0.0390 e. The molecule has 0 aliphatic heterocycles. The number of halogens is 1. The Balaban J connectivity index is 2.35. The van der Waals surface area contributed by atoms with Crippen molar-refractivity contribution in [3.05, 3.63) is 20.8 Å². The number of nitrogens with two attached hydrogens (primary N) is 2. The molecule has 1 aromatic heterocycles. The molecule has 0 aromatic carbocycles. The second-order valence-corrected chi connectivity index (χ2v) is 4.92. The summed E-state index contributed by atoms with van der Waals surface area (Å²) < 4.78 is 1.13. The minimum atomic E-state index is 0.183. The Morgan fingerprint density at radius 1 is 1.46 bits per heavy atom. The highest BCUT2D eigenvalue weighted by molar-refractivity contribution is 9.10. The minimum Gasteiger partial charge on any atom is -0.330 e. The van der Waals surface area contributed by atoms with Gasteiger partial charge in [-0.2, -0.15) is 0 Å². The number of thiophene rings is 1. The van der Waals surface area contributed by atoms with E-state index in [1.54, 1.807) is 11.3 Å². The average molecular weight is 263 g/mol. The maximum atomic E-state index is 6.00. The molecule has 1 heterocycles. The standard InChI is InChI=1S/C9H15BrN2S/c10-7-5-9(13-6-7)8(12)3-1-2-4-11/h5-6,8H,1-4,11-12H2/t8-/m1/s1. The zero-order valence-electron chi connectivity index (χ0n) is 7.50. The number of unbranched alkanes of at least 4 members (excludes halogenated alkanes) is 1. The van der Waals surface area contributed by atoms with Crippen molar-refractivity contribution in [2.24, 2.45) is 11.5 Å². The van der Waals surface area contributed by atoms with Crippen molar-refractivity contribution in [1.82, 2.24) is 0 Å². The SMILES string of the molecule is NCCCC[C@@H](N)c1cc(Br)cs1. The normalized spacial score (nSPS) is 13.2. The summed E-state index contributed by atoms with van der Waals surface area (Å²) in [6, 6.07) is 2.28. The summed E-state index contributed by atoms with van der Waals surface area (Å²) in [5, 5.41) is 2.07. The Kier molecular flexibility index (Phi) is 4.94. The van der Waals surface area contributed by atoms with Crippen LogP contribution >= 0.6 is 27.3 Å². The summed E-state index contributed by atoms with van der Waals surface area (Å²) in [6.07, 6.45) is 3.22. The lowest BCUT2D eigenvalue weighted by Gasteiger charge is -2.07. The molecule has 0 saturated heterocycles. The van der Waals surface area contributed by atoms with Crippen LogP contribution in [0.5, 0.6) is 0 Å². The second kappa shape index (κ2) is 5.75. The summed E-state index contributed by atoms with van der Waals surface area (Å²) in [6.45, 7) is 0.765. The van der Waals surface area contributed by atoms with Gasteiger partial charge in [-0.3, -0.25) is 0 Å². The molecule has 0 aliphatic rings. The van der Waals surface area contributed by atoms with Crippen LogP contribution in [0.2, 0.25) is 0 Å². The zero-order chi connectivity index (χ0) is 9.68. The molecule has 13 heavy (non-hydrogen) atoms. The van der Waals surface area contributed by atoms with Crippen molar-refractivity contribution in [3.8, 4) is 0 Å². The summed E-state index contributed by atoms with van der Waals surface area (Å²) in [5.74, 6) is 0. The molecule has 74 valence electrons. The van der Waals surface area contributed by atoms with Crippen LogP contribution in [-0.4, -0.2) is 6.54 Å². The molecule has 0 fully saturated rings. The summed E-state index contributed by atoms with van der Waals surface area (Å²) in [5.41, 5.74) is 11.4. The summed E-state index contributed by atoms with van der Waals surface area (Å²) in [7, 11) is 0. The van der Waals surface area contributed by atoms with Gasteiger partial charge < -0.3 is 11.5 Å². The van der Waals surface area contributed by atoms with E-state index in [1.807, 2.05) is 0 Å². The smallest absolute Gasteiger partial charge is 0.0390 e. The van der Waals surface area contributed by atoms with Crippen LogP contribution in [0.4, 0.5) is 0 Å². The lowest BCUT2D eigenvalue weighted by atomic mass is 10.1. The van der Waals surface area contributed by atoms with Gasteiger partial charge >= 0.3 is 0 Å². The first kappa shape index (κ1) is 11.2. The number of hydrogen-bond donors (Lipinski definition) is 2. The molecular formula is C9H15BrN2S. The molecule has 4 heteroatoms. The van der Waals surface area contributed by atoms with Gasteiger partial charge in [0.05, 0.1) is 0 Å². The molecule has 1 atom stereocenters. The van der Waals surface area contributed by atoms with Crippen molar-refractivity contribution >= 4 is 27.3 Å². The van der Waals surface area contributed by atoms with E-state index in [2.05, 4.69) is 27.4 Å². The molecule has 0 bridgehead atoms. The van der Waals surface area contributed by atoms with Crippen LogP contribution in [0, 0.1) is 0 Å². The Bertz CT molecular complexity index is 250. The third-order valence-electron chi connectivity index (χ3n) is 1.92. The third kappa shape index (κ3) is 3.77. The molecule has 1 aromatic rings. The molecule has 0 saturated carbocycles. The lowest BCUT2D eigenvalue weighted by Crippen LogP contribution is -2.09. The van der Waals surface area contributed by atoms with E-state index < -0.39 is 0 Å². The molecular weight excluding hydrogens is 248 g/mol.